The highest BCUT2D eigenvalue weighted by atomic mass is 79.9. The summed E-state index contributed by atoms with van der Waals surface area (Å²) in [4.78, 5) is 11.0. The van der Waals surface area contributed by atoms with Crippen molar-refractivity contribution >= 4 is 21.9 Å². The summed E-state index contributed by atoms with van der Waals surface area (Å²) in [6.45, 7) is 2.10. The number of halogens is 1. The summed E-state index contributed by atoms with van der Waals surface area (Å²) in [5.41, 5.74) is 0.376. The van der Waals surface area contributed by atoms with E-state index in [9.17, 15) is 4.79 Å². The molecule has 0 aromatic carbocycles. The van der Waals surface area contributed by atoms with Crippen molar-refractivity contribution in [2.24, 2.45) is 5.92 Å². The van der Waals surface area contributed by atoms with Gasteiger partial charge in [-0.15, -0.1) is 0 Å². The van der Waals surface area contributed by atoms with E-state index in [1.54, 1.807) is 6.07 Å². The predicted octanol–water partition coefficient (Wildman–Crippen LogP) is 3.31. The van der Waals surface area contributed by atoms with Crippen molar-refractivity contribution in [3.05, 3.63) is 22.4 Å². The average Bonchev–Trinajstić information content (AvgIpc) is 2.44. The molecule has 1 N–H and O–H groups in total. The number of hydrogen-bond donors (Lipinski definition) is 1. The molecule has 3 nitrogen and oxygen atoms in total. The molecular weight excluding hydrogens is 258 g/mol. The zero-order valence-electron chi connectivity index (χ0n) is 8.61. The molecule has 1 aromatic rings. The van der Waals surface area contributed by atoms with Crippen LogP contribution in [0.5, 0.6) is 0 Å². The molecule has 1 unspecified atom stereocenters. The fourth-order valence-corrected chi connectivity index (χ4v) is 2.54. The van der Waals surface area contributed by atoms with Crippen LogP contribution in [0.1, 0.15) is 42.7 Å². The van der Waals surface area contributed by atoms with Crippen molar-refractivity contribution in [3.63, 3.8) is 0 Å². The summed E-state index contributed by atoms with van der Waals surface area (Å²) in [6, 6.07) is 1.95. The van der Waals surface area contributed by atoms with Crippen LogP contribution in [0, 0.1) is 5.92 Å². The molecule has 1 aliphatic rings. The van der Waals surface area contributed by atoms with E-state index in [0.717, 1.165) is 4.47 Å². The molecule has 4 heteroatoms. The van der Waals surface area contributed by atoms with E-state index in [1.807, 2.05) is 10.8 Å². The second-order valence-corrected chi connectivity index (χ2v) is 5.10. The Morgan fingerprint density at radius 1 is 1.67 bits per heavy atom. The van der Waals surface area contributed by atoms with E-state index >= 15 is 0 Å². The molecule has 0 spiro atoms. The maximum atomic E-state index is 11.0. The maximum absolute atomic E-state index is 11.0. The molecule has 1 atom stereocenters. The number of hydrogen-bond acceptors (Lipinski definition) is 1. The van der Waals surface area contributed by atoms with Gasteiger partial charge in [0.15, 0.2) is 0 Å². The van der Waals surface area contributed by atoms with Crippen molar-refractivity contribution < 1.29 is 9.90 Å². The van der Waals surface area contributed by atoms with Crippen LogP contribution in [0.3, 0.4) is 0 Å². The van der Waals surface area contributed by atoms with Crippen molar-refractivity contribution in [2.45, 2.75) is 32.2 Å². The van der Waals surface area contributed by atoms with Gasteiger partial charge in [-0.2, -0.15) is 0 Å². The van der Waals surface area contributed by atoms with Gasteiger partial charge < -0.3 is 9.67 Å². The molecule has 15 heavy (non-hydrogen) atoms. The number of nitrogens with zero attached hydrogens (tertiary/aromatic N) is 1. The van der Waals surface area contributed by atoms with Crippen molar-refractivity contribution in [2.75, 3.05) is 0 Å². The first-order valence-electron chi connectivity index (χ1n) is 5.20. The number of rotatable bonds is 3. The van der Waals surface area contributed by atoms with Gasteiger partial charge >= 0.3 is 5.97 Å². The van der Waals surface area contributed by atoms with Gasteiger partial charge in [0.05, 0.1) is 0 Å². The smallest absolute Gasteiger partial charge is 0.352 e. The van der Waals surface area contributed by atoms with Crippen LogP contribution in [0.2, 0.25) is 0 Å². The van der Waals surface area contributed by atoms with E-state index < -0.39 is 5.97 Å². The number of carboxylic acid groups (broad SMARTS) is 1. The van der Waals surface area contributed by atoms with E-state index in [2.05, 4.69) is 22.9 Å². The van der Waals surface area contributed by atoms with Crippen LogP contribution in [0.4, 0.5) is 0 Å². The molecule has 0 saturated heterocycles. The highest BCUT2D eigenvalue weighted by Crippen LogP contribution is 2.37. The van der Waals surface area contributed by atoms with Crippen LogP contribution in [0.15, 0.2) is 16.7 Å². The highest BCUT2D eigenvalue weighted by Gasteiger charge is 2.27. The van der Waals surface area contributed by atoms with Gasteiger partial charge in [-0.05, 0) is 47.7 Å². The molecule has 1 heterocycles. The summed E-state index contributed by atoms with van der Waals surface area (Å²) < 4.78 is 2.71. The molecule has 0 radical (unpaired) electrons. The molecule has 1 fully saturated rings. The average molecular weight is 272 g/mol. The van der Waals surface area contributed by atoms with Crippen LogP contribution in [-0.4, -0.2) is 15.6 Å². The minimum atomic E-state index is -0.855. The molecular formula is C11H14BrNO2. The first-order valence-corrected chi connectivity index (χ1v) is 5.99. The molecule has 1 aromatic heterocycles. The number of aromatic carboxylic acids is 1. The first kappa shape index (κ1) is 10.7. The third-order valence-corrected chi connectivity index (χ3v) is 3.74. The van der Waals surface area contributed by atoms with E-state index in [4.69, 9.17) is 5.11 Å². The summed E-state index contributed by atoms with van der Waals surface area (Å²) >= 11 is 3.32. The highest BCUT2D eigenvalue weighted by molar-refractivity contribution is 9.10. The molecule has 0 aliphatic heterocycles. The Morgan fingerprint density at radius 2 is 2.33 bits per heavy atom. The quantitative estimate of drug-likeness (QED) is 0.917. The lowest BCUT2D eigenvalue weighted by Crippen LogP contribution is -2.24. The zero-order chi connectivity index (χ0) is 11.0. The Hall–Kier alpha value is -0.770. The van der Waals surface area contributed by atoms with Crippen LogP contribution in [-0.2, 0) is 0 Å². The second-order valence-electron chi connectivity index (χ2n) is 4.19. The van der Waals surface area contributed by atoms with E-state index in [1.165, 1.54) is 19.3 Å². The van der Waals surface area contributed by atoms with Gasteiger partial charge in [0.25, 0.3) is 0 Å². The third kappa shape index (κ3) is 1.95. The Balaban J connectivity index is 2.28. The number of carbonyl (C=O) groups is 1. The van der Waals surface area contributed by atoms with Gasteiger partial charge in [0.2, 0.25) is 0 Å². The fourth-order valence-electron chi connectivity index (χ4n) is 2.10. The number of carboxylic acids is 1. The lowest BCUT2D eigenvalue weighted by molar-refractivity contribution is 0.0677. The van der Waals surface area contributed by atoms with Gasteiger partial charge in [-0.1, -0.05) is 6.42 Å². The second kappa shape index (κ2) is 4.00. The van der Waals surface area contributed by atoms with E-state index in [-0.39, 0.29) is 6.04 Å². The van der Waals surface area contributed by atoms with Crippen molar-refractivity contribution in [3.8, 4) is 0 Å². The van der Waals surface area contributed by atoms with Gasteiger partial charge in [0, 0.05) is 16.7 Å². The molecule has 1 saturated carbocycles. The summed E-state index contributed by atoms with van der Waals surface area (Å²) in [5, 5.41) is 9.06. The van der Waals surface area contributed by atoms with Crippen LogP contribution >= 0.6 is 15.9 Å². The normalized spacial score (nSPS) is 18.5. The Bertz CT molecular complexity index is 382. The molecule has 0 bridgehead atoms. The lowest BCUT2D eigenvalue weighted by atomic mass is 9.80. The SMILES string of the molecule is CC(C1CCC1)n1cc(Br)cc1C(=O)O. The molecule has 2 rings (SSSR count). The van der Waals surface area contributed by atoms with Crippen molar-refractivity contribution in [1.29, 1.82) is 0 Å². The lowest BCUT2D eigenvalue weighted by Gasteiger charge is -2.33. The van der Waals surface area contributed by atoms with Crippen molar-refractivity contribution in [1.82, 2.24) is 4.57 Å². The van der Waals surface area contributed by atoms with E-state index in [0.29, 0.717) is 11.6 Å². The molecule has 1 aliphatic carbocycles. The topological polar surface area (TPSA) is 42.2 Å². The standard InChI is InChI=1S/C11H14BrNO2/c1-7(8-3-2-4-8)13-6-9(12)5-10(13)11(14)15/h5-8H,2-4H2,1H3,(H,14,15). The Kier molecular flexibility index (Phi) is 2.87. The summed E-state index contributed by atoms with van der Waals surface area (Å²) in [5.74, 6) is -0.214. The molecule has 82 valence electrons. The maximum Gasteiger partial charge on any atom is 0.352 e. The van der Waals surface area contributed by atoms with Gasteiger partial charge in [0.1, 0.15) is 5.69 Å². The van der Waals surface area contributed by atoms with Crippen LogP contribution < -0.4 is 0 Å². The Labute approximate surface area is 97.2 Å². The zero-order valence-corrected chi connectivity index (χ0v) is 10.2. The number of aromatic nitrogens is 1. The first-order chi connectivity index (χ1) is 7.09. The predicted molar refractivity (Wildman–Crippen MR) is 61.1 cm³/mol. The minimum absolute atomic E-state index is 0.288. The fraction of sp³-hybridized carbons (Fsp3) is 0.545. The summed E-state index contributed by atoms with van der Waals surface area (Å²) in [6.07, 6.45) is 5.58. The Morgan fingerprint density at radius 3 is 2.80 bits per heavy atom. The summed E-state index contributed by atoms with van der Waals surface area (Å²) in [7, 11) is 0. The largest absolute Gasteiger partial charge is 0.477 e. The van der Waals surface area contributed by atoms with Crippen LogP contribution in [0.25, 0.3) is 0 Å². The van der Waals surface area contributed by atoms with Gasteiger partial charge in [-0.25, -0.2) is 4.79 Å². The van der Waals surface area contributed by atoms with Gasteiger partial charge in [-0.3, -0.25) is 0 Å². The monoisotopic (exact) mass is 271 g/mol. The third-order valence-electron chi connectivity index (χ3n) is 3.31. The molecule has 0 amide bonds. The minimum Gasteiger partial charge on any atom is -0.477 e.